The van der Waals surface area contributed by atoms with E-state index in [1.807, 2.05) is 49.4 Å². The number of rotatable bonds is 9. The molecule has 0 saturated carbocycles. The average Bonchev–Trinajstić information content (AvgIpc) is 3.41. The van der Waals surface area contributed by atoms with E-state index in [2.05, 4.69) is 27.0 Å². The van der Waals surface area contributed by atoms with Crippen molar-refractivity contribution < 1.29 is 14.3 Å². The highest BCUT2D eigenvalue weighted by Gasteiger charge is 2.35. The summed E-state index contributed by atoms with van der Waals surface area (Å²) in [6.45, 7) is 4.24. The number of hydrogen-bond donors (Lipinski definition) is 3. The van der Waals surface area contributed by atoms with Crippen LogP contribution in [-0.2, 0) is 9.59 Å². The molecule has 188 valence electrons. The molecule has 3 aromatic rings. The standard InChI is InChI=1S/C27H25N5O3S2/c1-3-35-20-11-9-18(10-12-20)24-21(15-28)26(37-16-22(33)32-27-29-13-14-36-27)30-17(2)23(24)25(34)31-19-7-5-4-6-8-19/h4-14,24,30H,3,16H2,1-2H3,(H,31,34)(H,29,32,33)/t24-/m1/s1. The SMILES string of the molecule is CCOc1ccc([C@@H]2C(C#N)=C(SCC(=O)Nc3nccs3)NC(C)=C2C(=O)Nc2ccccc2)cc1. The van der Waals surface area contributed by atoms with Crippen molar-refractivity contribution in [3.63, 3.8) is 0 Å². The summed E-state index contributed by atoms with van der Waals surface area (Å²) in [4.78, 5) is 30.0. The number of dihydropyridines is 1. The van der Waals surface area contributed by atoms with Crippen LogP contribution in [0.25, 0.3) is 0 Å². The van der Waals surface area contributed by atoms with Gasteiger partial charge in [-0.3, -0.25) is 9.59 Å². The van der Waals surface area contributed by atoms with Gasteiger partial charge in [0.25, 0.3) is 5.91 Å². The topological polar surface area (TPSA) is 116 Å². The van der Waals surface area contributed by atoms with Gasteiger partial charge >= 0.3 is 0 Å². The van der Waals surface area contributed by atoms with Crippen LogP contribution >= 0.6 is 23.1 Å². The molecule has 10 heteroatoms. The number of aromatic nitrogens is 1. The second kappa shape index (κ2) is 12.3. The quantitative estimate of drug-likeness (QED) is 0.345. The van der Waals surface area contributed by atoms with Gasteiger partial charge < -0.3 is 20.7 Å². The molecule has 0 unspecified atom stereocenters. The number of anilines is 2. The van der Waals surface area contributed by atoms with Crippen LogP contribution in [0.15, 0.2) is 88.0 Å². The Balaban J connectivity index is 1.65. The number of thiazole rings is 1. The smallest absolute Gasteiger partial charge is 0.254 e. The van der Waals surface area contributed by atoms with Gasteiger partial charge in [0.2, 0.25) is 5.91 Å². The number of carbonyl (C=O) groups is 2. The maximum atomic E-state index is 13.5. The van der Waals surface area contributed by atoms with Gasteiger partial charge in [0, 0.05) is 28.5 Å². The molecule has 0 aliphatic carbocycles. The van der Waals surface area contributed by atoms with Crippen LogP contribution in [0.2, 0.25) is 0 Å². The second-order valence-corrected chi connectivity index (χ2v) is 9.83. The highest BCUT2D eigenvalue weighted by molar-refractivity contribution is 8.03. The lowest BCUT2D eigenvalue weighted by Crippen LogP contribution is -2.31. The van der Waals surface area contributed by atoms with Crippen molar-refractivity contribution in [3.8, 4) is 11.8 Å². The molecular weight excluding hydrogens is 506 g/mol. The van der Waals surface area contributed by atoms with Gasteiger partial charge in [0.05, 0.1) is 34.9 Å². The summed E-state index contributed by atoms with van der Waals surface area (Å²) in [5, 5.41) is 21.9. The van der Waals surface area contributed by atoms with Crippen LogP contribution in [0.4, 0.5) is 10.8 Å². The first kappa shape index (κ1) is 26.0. The Morgan fingerprint density at radius 1 is 1.16 bits per heavy atom. The third kappa shape index (κ3) is 6.39. The van der Waals surface area contributed by atoms with Crippen LogP contribution in [0.3, 0.4) is 0 Å². The number of hydrogen-bond acceptors (Lipinski definition) is 8. The van der Waals surface area contributed by atoms with E-state index in [-0.39, 0.29) is 17.6 Å². The minimum absolute atomic E-state index is 0.0713. The monoisotopic (exact) mass is 531 g/mol. The average molecular weight is 532 g/mol. The van der Waals surface area contributed by atoms with Crippen molar-refractivity contribution in [1.82, 2.24) is 10.3 Å². The predicted molar refractivity (Wildman–Crippen MR) is 147 cm³/mol. The predicted octanol–water partition coefficient (Wildman–Crippen LogP) is 5.25. The third-order valence-electron chi connectivity index (χ3n) is 5.47. The van der Waals surface area contributed by atoms with E-state index in [0.717, 1.165) is 5.56 Å². The number of thioether (sulfide) groups is 1. The molecule has 1 aromatic heterocycles. The molecule has 0 bridgehead atoms. The zero-order chi connectivity index (χ0) is 26.2. The third-order valence-corrected chi connectivity index (χ3v) is 7.18. The van der Waals surface area contributed by atoms with Crippen LogP contribution in [-0.4, -0.2) is 29.2 Å². The molecule has 1 atom stereocenters. The Labute approximate surface area is 223 Å². The lowest BCUT2D eigenvalue weighted by molar-refractivity contribution is -0.114. The van der Waals surface area contributed by atoms with Gasteiger partial charge in [-0.1, -0.05) is 42.1 Å². The summed E-state index contributed by atoms with van der Waals surface area (Å²) in [7, 11) is 0. The van der Waals surface area contributed by atoms with E-state index in [0.29, 0.717) is 45.0 Å². The van der Waals surface area contributed by atoms with E-state index < -0.39 is 5.92 Å². The fraction of sp³-hybridized carbons (Fsp3) is 0.185. The highest BCUT2D eigenvalue weighted by Crippen LogP contribution is 2.41. The zero-order valence-corrected chi connectivity index (χ0v) is 21.9. The number of nitrogens with zero attached hydrogens (tertiary/aromatic N) is 2. The fourth-order valence-electron chi connectivity index (χ4n) is 3.88. The summed E-state index contributed by atoms with van der Waals surface area (Å²) in [5.74, 6) is -0.406. The number of benzene rings is 2. The van der Waals surface area contributed by atoms with Gasteiger partial charge in [0.15, 0.2) is 5.13 Å². The highest BCUT2D eigenvalue weighted by atomic mass is 32.2. The number of amides is 2. The minimum Gasteiger partial charge on any atom is -0.494 e. The van der Waals surface area contributed by atoms with Crippen molar-refractivity contribution >= 4 is 45.7 Å². The molecule has 8 nitrogen and oxygen atoms in total. The molecular formula is C27H25N5O3S2. The Bertz CT molecular complexity index is 1360. The molecule has 3 N–H and O–H groups in total. The molecule has 0 radical (unpaired) electrons. The van der Waals surface area contributed by atoms with Crippen LogP contribution in [0.5, 0.6) is 5.75 Å². The van der Waals surface area contributed by atoms with Gasteiger partial charge in [-0.25, -0.2) is 4.98 Å². The summed E-state index contributed by atoms with van der Waals surface area (Å²) in [6.07, 6.45) is 1.62. The molecule has 2 heterocycles. The van der Waals surface area contributed by atoms with Gasteiger partial charge in [-0.15, -0.1) is 11.3 Å². The summed E-state index contributed by atoms with van der Waals surface area (Å²) >= 11 is 2.54. The van der Waals surface area contributed by atoms with E-state index in [4.69, 9.17) is 4.74 Å². The summed E-state index contributed by atoms with van der Waals surface area (Å²) < 4.78 is 5.57. The Kier molecular flexibility index (Phi) is 8.61. The van der Waals surface area contributed by atoms with Crippen molar-refractivity contribution in [1.29, 1.82) is 5.26 Å². The van der Waals surface area contributed by atoms with Crippen LogP contribution < -0.4 is 20.7 Å². The lowest BCUT2D eigenvalue weighted by Gasteiger charge is -2.30. The number of allylic oxidation sites excluding steroid dienone is 2. The minimum atomic E-state index is -0.629. The summed E-state index contributed by atoms with van der Waals surface area (Å²) in [6, 6.07) is 18.8. The van der Waals surface area contributed by atoms with E-state index >= 15 is 0 Å². The van der Waals surface area contributed by atoms with Crippen molar-refractivity contribution in [2.75, 3.05) is 23.0 Å². The van der Waals surface area contributed by atoms with Crippen LogP contribution in [0.1, 0.15) is 25.3 Å². The Morgan fingerprint density at radius 3 is 2.57 bits per heavy atom. The second-order valence-electron chi connectivity index (χ2n) is 7.95. The molecule has 37 heavy (non-hydrogen) atoms. The van der Waals surface area contributed by atoms with Crippen molar-refractivity contribution in [3.05, 3.63) is 93.6 Å². The Morgan fingerprint density at radius 2 is 1.92 bits per heavy atom. The number of para-hydroxylation sites is 1. The van der Waals surface area contributed by atoms with Crippen molar-refractivity contribution in [2.45, 2.75) is 19.8 Å². The molecule has 1 aliphatic heterocycles. The van der Waals surface area contributed by atoms with Crippen LogP contribution in [0, 0.1) is 11.3 Å². The Hall–Kier alpha value is -4.07. The first-order valence-corrected chi connectivity index (χ1v) is 13.4. The fourth-order valence-corrected chi connectivity index (χ4v) is 5.32. The molecule has 0 fully saturated rings. The molecule has 1 aliphatic rings. The first-order chi connectivity index (χ1) is 18.0. The number of nitriles is 1. The largest absolute Gasteiger partial charge is 0.494 e. The lowest BCUT2D eigenvalue weighted by atomic mass is 9.82. The van der Waals surface area contributed by atoms with Crippen molar-refractivity contribution in [2.24, 2.45) is 0 Å². The molecule has 0 spiro atoms. The molecule has 0 saturated heterocycles. The number of ether oxygens (including phenoxy) is 1. The molecule has 2 aromatic carbocycles. The molecule has 4 rings (SSSR count). The number of carbonyl (C=O) groups excluding carboxylic acids is 2. The zero-order valence-electron chi connectivity index (χ0n) is 20.3. The normalized spacial score (nSPS) is 15.0. The van der Waals surface area contributed by atoms with Gasteiger partial charge in [-0.2, -0.15) is 5.26 Å². The first-order valence-electron chi connectivity index (χ1n) is 11.5. The maximum Gasteiger partial charge on any atom is 0.254 e. The van der Waals surface area contributed by atoms with Gasteiger partial charge in [-0.05, 0) is 43.7 Å². The number of nitrogens with one attached hydrogen (secondary N) is 3. The molecule has 2 amide bonds. The van der Waals surface area contributed by atoms with Gasteiger partial charge in [0.1, 0.15) is 5.75 Å². The maximum absolute atomic E-state index is 13.5. The van der Waals surface area contributed by atoms with E-state index in [1.165, 1.54) is 23.1 Å². The van der Waals surface area contributed by atoms with E-state index in [1.54, 1.807) is 30.6 Å². The van der Waals surface area contributed by atoms with E-state index in [9.17, 15) is 14.9 Å². The summed E-state index contributed by atoms with van der Waals surface area (Å²) in [5.41, 5.74) is 2.82.